The Morgan fingerprint density at radius 2 is 1.86 bits per heavy atom. The van der Waals surface area contributed by atoms with Gasteiger partial charge in [-0.05, 0) is 30.2 Å². The summed E-state index contributed by atoms with van der Waals surface area (Å²) < 4.78 is 25.3. The van der Waals surface area contributed by atoms with E-state index in [0.29, 0.717) is 12.1 Å². The maximum absolute atomic E-state index is 13.1. The summed E-state index contributed by atoms with van der Waals surface area (Å²) in [5.74, 6) is -0.214. The quantitative estimate of drug-likeness (QED) is 0.522. The predicted molar refractivity (Wildman–Crippen MR) is 78.9 cm³/mol. The van der Waals surface area contributed by atoms with E-state index in [0.717, 1.165) is 5.56 Å². The highest BCUT2D eigenvalue weighted by atomic mass is 32.2. The second-order valence-corrected chi connectivity index (χ2v) is 5.94. The third-order valence-corrected chi connectivity index (χ3v) is 4.36. The largest absolute Gasteiger partial charge is 0.398 e. The fourth-order valence-corrected chi connectivity index (χ4v) is 3.03. The molecule has 0 radical (unpaired) electrons. The second kappa shape index (κ2) is 6.45. The van der Waals surface area contributed by atoms with Crippen LogP contribution in [-0.4, -0.2) is 14.9 Å². The van der Waals surface area contributed by atoms with Crippen molar-refractivity contribution in [3.63, 3.8) is 0 Å². The normalized spacial score (nSPS) is 12.0. The molecule has 5 nitrogen and oxygen atoms in total. The lowest BCUT2D eigenvalue weighted by Crippen LogP contribution is -2.05. The topological polar surface area (TPSA) is 86.2 Å². The van der Waals surface area contributed by atoms with Crippen molar-refractivity contribution in [3.8, 4) is 0 Å². The van der Waals surface area contributed by atoms with Crippen molar-refractivity contribution in [2.24, 2.45) is 0 Å². The molecular weight excluding hydrogens is 295 g/mol. The number of nitro groups is 1. The van der Waals surface area contributed by atoms with Crippen LogP contribution in [0.1, 0.15) is 5.56 Å². The Morgan fingerprint density at radius 3 is 2.48 bits per heavy atom. The maximum atomic E-state index is 13.1. The molecule has 0 saturated heterocycles. The number of nitrogens with zero attached hydrogens (tertiary/aromatic N) is 1. The van der Waals surface area contributed by atoms with Gasteiger partial charge in [-0.2, -0.15) is 0 Å². The van der Waals surface area contributed by atoms with Crippen LogP contribution in [0.5, 0.6) is 0 Å². The highest BCUT2D eigenvalue weighted by Crippen LogP contribution is 2.19. The minimum atomic E-state index is -1.42. The van der Waals surface area contributed by atoms with Crippen LogP contribution in [0.3, 0.4) is 0 Å². The van der Waals surface area contributed by atoms with Crippen molar-refractivity contribution in [1.29, 1.82) is 0 Å². The van der Waals surface area contributed by atoms with Gasteiger partial charge in [0.05, 0.1) is 20.6 Å². The molecule has 2 aromatic rings. The van der Waals surface area contributed by atoms with Crippen LogP contribution in [0.25, 0.3) is 0 Å². The number of anilines is 1. The van der Waals surface area contributed by atoms with E-state index in [1.807, 2.05) is 0 Å². The van der Waals surface area contributed by atoms with Crippen LogP contribution in [0.15, 0.2) is 47.4 Å². The third kappa shape index (κ3) is 3.85. The van der Waals surface area contributed by atoms with E-state index in [-0.39, 0.29) is 16.3 Å². The van der Waals surface area contributed by atoms with Crippen LogP contribution in [-0.2, 0) is 17.2 Å². The van der Waals surface area contributed by atoms with Gasteiger partial charge in [-0.15, -0.1) is 0 Å². The van der Waals surface area contributed by atoms with E-state index < -0.39 is 21.5 Å². The summed E-state index contributed by atoms with van der Waals surface area (Å²) in [6, 6.07) is 9.79. The number of nitrogen functional groups attached to an aromatic ring is 1. The minimum Gasteiger partial charge on any atom is -0.398 e. The van der Waals surface area contributed by atoms with Gasteiger partial charge in [0.2, 0.25) is 0 Å². The van der Waals surface area contributed by atoms with Crippen LogP contribution in [0.2, 0.25) is 0 Å². The predicted octanol–water partition coefficient (Wildman–Crippen LogP) is 2.67. The number of aryl methyl sites for hydroxylation is 1. The van der Waals surface area contributed by atoms with Crippen LogP contribution < -0.4 is 5.73 Å². The molecule has 0 aliphatic carbocycles. The summed E-state index contributed by atoms with van der Waals surface area (Å²) in [6.07, 6.45) is 0.459. The summed E-state index contributed by atoms with van der Waals surface area (Å²) in [6.45, 7) is 0. The average molecular weight is 308 g/mol. The fourth-order valence-electron chi connectivity index (χ4n) is 1.81. The molecule has 7 heteroatoms. The summed E-state index contributed by atoms with van der Waals surface area (Å²) in [7, 11) is -1.42. The summed E-state index contributed by atoms with van der Waals surface area (Å²) in [4.78, 5) is 10.3. The van der Waals surface area contributed by atoms with Gasteiger partial charge in [0.25, 0.3) is 5.69 Å². The zero-order valence-electron chi connectivity index (χ0n) is 11.0. The Hall–Kier alpha value is -2.28. The van der Waals surface area contributed by atoms with E-state index in [9.17, 15) is 18.7 Å². The lowest BCUT2D eigenvalue weighted by atomic mass is 10.1. The van der Waals surface area contributed by atoms with Gasteiger partial charge in [0.1, 0.15) is 5.82 Å². The van der Waals surface area contributed by atoms with Gasteiger partial charge in [0, 0.05) is 23.6 Å². The number of nitro benzene ring substituents is 1. The first-order chi connectivity index (χ1) is 9.97. The molecule has 2 aromatic carbocycles. The molecule has 0 amide bonds. The fraction of sp³-hybridized carbons (Fsp3) is 0.143. The van der Waals surface area contributed by atoms with E-state index in [1.54, 1.807) is 12.1 Å². The molecule has 0 bridgehead atoms. The highest BCUT2D eigenvalue weighted by molar-refractivity contribution is 7.85. The lowest BCUT2D eigenvalue weighted by Gasteiger charge is -2.06. The molecule has 0 aliphatic heterocycles. The molecule has 0 aliphatic rings. The first-order valence-corrected chi connectivity index (χ1v) is 7.46. The SMILES string of the molecule is Nc1ccc(F)cc1S(=O)CCc1ccc([N+](=O)[O-])cc1. The molecule has 0 fully saturated rings. The van der Waals surface area contributed by atoms with Crippen molar-refractivity contribution in [3.05, 3.63) is 64.0 Å². The molecule has 0 saturated carbocycles. The first kappa shape index (κ1) is 15.1. The molecule has 2 rings (SSSR count). The minimum absolute atomic E-state index is 0.00856. The van der Waals surface area contributed by atoms with Crippen LogP contribution >= 0.6 is 0 Å². The Balaban J connectivity index is 2.04. The third-order valence-electron chi connectivity index (χ3n) is 2.94. The van der Waals surface area contributed by atoms with E-state index in [1.165, 1.54) is 30.3 Å². The molecule has 0 heterocycles. The van der Waals surface area contributed by atoms with Gasteiger partial charge in [-0.25, -0.2) is 4.39 Å². The molecule has 0 aromatic heterocycles. The van der Waals surface area contributed by atoms with Gasteiger partial charge in [-0.3, -0.25) is 14.3 Å². The number of hydrogen-bond acceptors (Lipinski definition) is 4. The summed E-state index contributed by atoms with van der Waals surface area (Å²) in [5, 5.41) is 10.5. The van der Waals surface area contributed by atoms with Crippen molar-refractivity contribution in [1.82, 2.24) is 0 Å². The summed E-state index contributed by atoms with van der Waals surface area (Å²) >= 11 is 0. The molecule has 110 valence electrons. The van der Waals surface area contributed by atoms with E-state index >= 15 is 0 Å². The number of rotatable bonds is 5. The monoisotopic (exact) mass is 308 g/mol. The molecule has 0 spiro atoms. The van der Waals surface area contributed by atoms with Crippen molar-refractivity contribution < 1.29 is 13.5 Å². The zero-order valence-corrected chi connectivity index (χ0v) is 11.8. The molecular formula is C14H13FN2O3S. The molecule has 1 atom stereocenters. The number of nitrogens with two attached hydrogens (primary N) is 1. The van der Waals surface area contributed by atoms with Gasteiger partial charge < -0.3 is 5.73 Å². The van der Waals surface area contributed by atoms with E-state index in [4.69, 9.17) is 5.73 Å². The Labute approximate surface area is 123 Å². The maximum Gasteiger partial charge on any atom is 0.269 e. The average Bonchev–Trinajstić information content (AvgIpc) is 2.47. The first-order valence-electron chi connectivity index (χ1n) is 6.14. The van der Waals surface area contributed by atoms with Crippen LogP contribution in [0.4, 0.5) is 15.8 Å². The van der Waals surface area contributed by atoms with Crippen LogP contribution in [0, 0.1) is 15.9 Å². The van der Waals surface area contributed by atoms with Gasteiger partial charge >= 0.3 is 0 Å². The van der Waals surface area contributed by atoms with E-state index in [2.05, 4.69) is 0 Å². The smallest absolute Gasteiger partial charge is 0.269 e. The number of benzene rings is 2. The Bertz CT molecular complexity index is 689. The standard InChI is InChI=1S/C14H13FN2O3S/c15-11-3-6-13(16)14(9-11)21(20)8-7-10-1-4-12(5-2-10)17(18)19/h1-6,9H,7-8,16H2. The lowest BCUT2D eigenvalue weighted by molar-refractivity contribution is -0.384. The zero-order chi connectivity index (χ0) is 15.4. The Morgan fingerprint density at radius 1 is 1.19 bits per heavy atom. The van der Waals surface area contributed by atoms with Gasteiger partial charge in [0.15, 0.2) is 0 Å². The van der Waals surface area contributed by atoms with Crippen molar-refractivity contribution >= 4 is 22.2 Å². The van der Waals surface area contributed by atoms with Crippen molar-refractivity contribution in [2.45, 2.75) is 11.3 Å². The Kier molecular flexibility index (Phi) is 4.64. The number of hydrogen-bond donors (Lipinski definition) is 1. The highest BCUT2D eigenvalue weighted by Gasteiger charge is 2.10. The second-order valence-electron chi connectivity index (χ2n) is 4.41. The molecule has 21 heavy (non-hydrogen) atoms. The van der Waals surface area contributed by atoms with Crippen molar-refractivity contribution in [2.75, 3.05) is 11.5 Å². The molecule has 1 unspecified atom stereocenters. The number of halogens is 1. The molecule has 2 N–H and O–H groups in total. The summed E-state index contributed by atoms with van der Waals surface area (Å²) in [5.41, 5.74) is 6.80. The number of non-ortho nitro benzene ring substituents is 1. The van der Waals surface area contributed by atoms with Gasteiger partial charge in [-0.1, -0.05) is 12.1 Å².